The van der Waals surface area contributed by atoms with Crippen LogP contribution >= 0.6 is 11.6 Å². The molecule has 5 heteroatoms. The van der Waals surface area contributed by atoms with Crippen molar-refractivity contribution in [3.8, 4) is 0 Å². The van der Waals surface area contributed by atoms with Crippen molar-refractivity contribution in [3.63, 3.8) is 0 Å². The maximum atomic E-state index is 13.1. The molecule has 106 valence electrons. The first kappa shape index (κ1) is 14.7. The molecule has 0 unspecified atom stereocenters. The number of nitrogens with one attached hydrogen (secondary N) is 1. The Labute approximate surface area is 123 Å². The molecule has 1 aromatic heterocycles. The third-order valence-corrected chi connectivity index (χ3v) is 3.32. The number of halogens is 2. The van der Waals surface area contributed by atoms with Gasteiger partial charge in [0.25, 0.3) is 0 Å². The lowest BCUT2D eigenvalue weighted by Gasteiger charge is -2.11. The van der Waals surface area contributed by atoms with E-state index in [4.69, 9.17) is 11.6 Å². The quantitative estimate of drug-likeness (QED) is 0.842. The highest BCUT2D eigenvalue weighted by molar-refractivity contribution is 6.30. The van der Waals surface area contributed by atoms with Gasteiger partial charge in [0.2, 0.25) is 0 Å². The van der Waals surface area contributed by atoms with Crippen molar-refractivity contribution in [2.24, 2.45) is 0 Å². The van der Waals surface area contributed by atoms with Gasteiger partial charge >= 0.3 is 0 Å². The molecule has 2 aromatic rings. The fraction of sp³-hybridized carbons (Fsp3) is 0.333. The van der Waals surface area contributed by atoms with Gasteiger partial charge in [-0.25, -0.2) is 14.4 Å². The first-order valence-electron chi connectivity index (χ1n) is 6.61. The van der Waals surface area contributed by atoms with Crippen LogP contribution in [0.2, 0.25) is 5.15 Å². The number of anilines is 1. The summed E-state index contributed by atoms with van der Waals surface area (Å²) in [7, 11) is 0. The van der Waals surface area contributed by atoms with E-state index in [9.17, 15) is 4.39 Å². The second-order valence-corrected chi connectivity index (χ2v) is 5.00. The Bertz CT molecular complexity index is 602. The third-order valence-electron chi connectivity index (χ3n) is 2.96. The van der Waals surface area contributed by atoms with Crippen LogP contribution in [0.15, 0.2) is 24.3 Å². The van der Waals surface area contributed by atoms with Crippen LogP contribution in [-0.2, 0) is 13.0 Å². The Morgan fingerprint density at radius 2 is 2.10 bits per heavy atom. The monoisotopic (exact) mass is 293 g/mol. The number of aromatic nitrogens is 2. The summed E-state index contributed by atoms with van der Waals surface area (Å²) in [6, 6.07) is 6.48. The van der Waals surface area contributed by atoms with Gasteiger partial charge in [0.15, 0.2) is 0 Å². The molecule has 0 saturated heterocycles. The molecule has 1 N–H and O–H groups in total. The molecule has 0 fully saturated rings. The number of nitrogens with zero attached hydrogens (tertiary/aromatic N) is 2. The fourth-order valence-corrected chi connectivity index (χ4v) is 2.06. The zero-order valence-electron chi connectivity index (χ0n) is 11.6. The molecule has 0 amide bonds. The van der Waals surface area contributed by atoms with Gasteiger partial charge in [0.1, 0.15) is 22.6 Å². The van der Waals surface area contributed by atoms with E-state index in [2.05, 4.69) is 22.2 Å². The van der Waals surface area contributed by atoms with Crippen LogP contribution in [0.5, 0.6) is 0 Å². The van der Waals surface area contributed by atoms with Crippen molar-refractivity contribution in [3.05, 3.63) is 52.2 Å². The lowest BCUT2D eigenvalue weighted by molar-refractivity contribution is 0.626. The van der Waals surface area contributed by atoms with Crippen molar-refractivity contribution < 1.29 is 4.39 Å². The summed E-state index contributed by atoms with van der Waals surface area (Å²) in [5.41, 5.74) is 1.67. The minimum Gasteiger partial charge on any atom is -0.366 e. The van der Waals surface area contributed by atoms with Crippen molar-refractivity contribution in [1.29, 1.82) is 0 Å². The summed E-state index contributed by atoms with van der Waals surface area (Å²) in [5, 5.41) is 3.66. The number of hydrogen-bond acceptors (Lipinski definition) is 3. The molecule has 1 aromatic carbocycles. The first-order chi connectivity index (χ1) is 9.60. The van der Waals surface area contributed by atoms with Gasteiger partial charge in [0, 0.05) is 18.5 Å². The van der Waals surface area contributed by atoms with E-state index in [0.717, 1.165) is 29.8 Å². The maximum Gasteiger partial charge on any atom is 0.137 e. The minimum absolute atomic E-state index is 0.242. The predicted molar refractivity (Wildman–Crippen MR) is 79.5 cm³/mol. The van der Waals surface area contributed by atoms with Gasteiger partial charge in [0.05, 0.1) is 0 Å². The van der Waals surface area contributed by atoms with Gasteiger partial charge < -0.3 is 5.32 Å². The SMILES string of the molecule is CCCc1nc(Cl)c(C)c(NCc2cccc(F)c2)n1. The molecular formula is C15H17ClFN3. The summed E-state index contributed by atoms with van der Waals surface area (Å²) in [6.45, 7) is 4.43. The predicted octanol–water partition coefficient (Wildman–Crippen LogP) is 4.14. The summed E-state index contributed by atoms with van der Waals surface area (Å²) in [5.74, 6) is 1.19. The second kappa shape index (κ2) is 6.66. The number of benzene rings is 1. The molecule has 2 rings (SSSR count). The Morgan fingerprint density at radius 3 is 2.80 bits per heavy atom. The van der Waals surface area contributed by atoms with Crippen LogP contribution in [0.25, 0.3) is 0 Å². The zero-order valence-corrected chi connectivity index (χ0v) is 12.3. The van der Waals surface area contributed by atoms with E-state index in [1.54, 1.807) is 6.07 Å². The molecule has 0 radical (unpaired) electrons. The van der Waals surface area contributed by atoms with Crippen LogP contribution in [0, 0.1) is 12.7 Å². The van der Waals surface area contributed by atoms with Crippen LogP contribution in [0.1, 0.15) is 30.3 Å². The maximum absolute atomic E-state index is 13.1. The number of rotatable bonds is 5. The van der Waals surface area contributed by atoms with Crippen molar-refractivity contribution in [1.82, 2.24) is 9.97 Å². The lowest BCUT2D eigenvalue weighted by atomic mass is 10.2. The molecule has 0 saturated carbocycles. The topological polar surface area (TPSA) is 37.8 Å². The van der Waals surface area contributed by atoms with Crippen molar-refractivity contribution in [2.45, 2.75) is 33.2 Å². The average molecular weight is 294 g/mol. The number of hydrogen-bond donors (Lipinski definition) is 1. The molecule has 0 spiro atoms. The Hall–Kier alpha value is -1.68. The van der Waals surface area contributed by atoms with E-state index >= 15 is 0 Å². The van der Waals surface area contributed by atoms with E-state index in [1.165, 1.54) is 12.1 Å². The van der Waals surface area contributed by atoms with Gasteiger partial charge in [-0.2, -0.15) is 0 Å². The molecular weight excluding hydrogens is 277 g/mol. The van der Waals surface area contributed by atoms with Gasteiger partial charge in [-0.1, -0.05) is 30.7 Å². The first-order valence-corrected chi connectivity index (χ1v) is 6.99. The molecule has 0 aliphatic rings. The lowest BCUT2D eigenvalue weighted by Crippen LogP contribution is -2.07. The molecule has 0 aliphatic heterocycles. The smallest absolute Gasteiger partial charge is 0.137 e. The summed E-state index contributed by atoms with van der Waals surface area (Å²) in [4.78, 5) is 8.71. The molecule has 0 atom stereocenters. The van der Waals surface area contributed by atoms with E-state index in [0.29, 0.717) is 17.5 Å². The average Bonchev–Trinajstić information content (AvgIpc) is 2.41. The van der Waals surface area contributed by atoms with Crippen LogP contribution in [0.4, 0.5) is 10.2 Å². The molecule has 20 heavy (non-hydrogen) atoms. The fourth-order valence-electron chi connectivity index (χ4n) is 1.87. The highest BCUT2D eigenvalue weighted by atomic mass is 35.5. The van der Waals surface area contributed by atoms with Crippen molar-refractivity contribution in [2.75, 3.05) is 5.32 Å². The van der Waals surface area contributed by atoms with Crippen molar-refractivity contribution >= 4 is 17.4 Å². The van der Waals surface area contributed by atoms with Gasteiger partial charge in [-0.15, -0.1) is 0 Å². The molecule has 0 bridgehead atoms. The highest BCUT2D eigenvalue weighted by Crippen LogP contribution is 2.21. The van der Waals surface area contributed by atoms with E-state index in [1.807, 2.05) is 13.0 Å². The Morgan fingerprint density at radius 1 is 1.30 bits per heavy atom. The molecule has 3 nitrogen and oxygen atoms in total. The van der Waals surface area contributed by atoms with E-state index in [-0.39, 0.29) is 5.82 Å². The van der Waals surface area contributed by atoms with Crippen LogP contribution < -0.4 is 5.32 Å². The van der Waals surface area contributed by atoms with Crippen LogP contribution in [0.3, 0.4) is 0 Å². The largest absolute Gasteiger partial charge is 0.366 e. The Kier molecular flexibility index (Phi) is 4.90. The number of aryl methyl sites for hydroxylation is 1. The molecule has 0 aliphatic carbocycles. The van der Waals surface area contributed by atoms with Gasteiger partial charge in [-0.3, -0.25) is 0 Å². The van der Waals surface area contributed by atoms with Crippen LogP contribution in [-0.4, -0.2) is 9.97 Å². The zero-order chi connectivity index (χ0) is 14.5. The van der Waals surface area contributed by atoms with Gasteiger partial charge in [-0.05, 0) is 31.0 Å². The second-order valence-electron chi connectivity index (χ2n) is 4.64. The standard InChI is InChI=1S/C15H17ClFN3/c1-3-5-13-19-14(16)10(2)15(20-13)18-9-11-6-4-7-12(17)8-11/h4,6-8H,3,5,9H2,1-2H3,(H,18,19,20). The molecule has 1 heterocycles. The summed E-state index contributed by atoms with van der Waals surface area (Å²) >= 11 is 6.11. The third kappa shape index (κ3) is 3.67. The summed E-state index contributed by atoms with van der Waals surface area (Å²) < 4.78 is 13.1. The Balaban J connectivity index is 2.16. The summed E-state index contributed by atoms with van der Waals surface area (Å²) in [6.07, 6.45) is 1.75. The minimum atomic E-state index is -0.242. The highest BCUT2D eigenvalue weighted by Gasteiger charge is 2.09. The van der Waals surface area contributed by atoms with E-state index < -0.39 is 0 Å². The normalized spacial score (nSPS) is 10.6.